The number of hydrogen-bond acceptors (Lipinski definition) is 3. The molecule has 0 aliphatic heterocycles. The van der Waals surface area contributed by atoms with Gasteiger partial charge in [-0.2, -0.15) is 0 Å². The average molecular weight is 277 g/mol. The van der Waals surface area contributed by atoms with Gasteiger partial charge in [0.15, 0.2) is 0 Å². The van der Waals surface area contributed by atoms with Gasteiger partial charge in [0.05, 0.1) is 11.7 Å². The Morgan fingerprint density at radius 1 is 1.10 bits per heavy atom. The third-order valence-electron chi connectivity index (χ3n) is 3.90. The van der Waals surface area contributed by atoms with Gasteiger partial charge < -0.3 is 5.32 Å². The van der Waals surface area contributed by atoms with E-state index < -0.39 is 0 Å². The van der Waals surface area contributed by atoms with Gasteiger partial charge in [0.1, 0.15) is 0 Å². The van der Waals surface area contributed by atoms with Crippen molar-refractivity contribution < 1.29 is 0 Å². The lowest BCUT2D eigenvalue weighted by Crippen LogP contribution is -2.20. The van der Waals surface area contributed by atoms with Crippen molar-refractivity contribution in [3.63, 3.8) is 0 Å². The predicted octanol–water partition coefficient (Wildman–Crippen LogP) is 3.50. The van der Waals surface area contributed by atoms with Crippen LogP contribution >= 0.6 is 0 Å². The summed E-state index contributed by atoms with van der Waals surface area (Å²) in [6.07, 6.45) is 6.61. The highest BCUT2D eigenvalue weighted by atomic mass is 14.9. The minimum absolute atomic E-state index is 0.0778. The molecule has 3 aromatic rings. The summed E-state index contributed by atoms with van der Waals surface area (Å²) < 4.78 is 0. The van der Waals surface area contributed by atoms with Crippen molar-refractivity contribution in [3.05, 3.63) is 71.8 Å². The van der Waals surface area contributed by atoms with Gasteiger partial charge in [-0.25, -0.2) is 0 Å². The van der Waals surface area contributed by atoms with Gasteiger partial charge in [0, 0.05) is 24.0 Å². The van der Waals surface area contributed by atoms with Crippen molar-refractivity contribution in [1.29, 1.82) is 0 Å². The lowest BCUT2D eigenvalue weighted by atomic mass is 9.94. The molecule has 3 rings (SSSR count). The molecule has 2 heterocycles. The Kier molecular flexibility index (Phi) is 3.93. The van der Waals surface area contributed by atoms with Crippen molar-refractivity contribution in [3.8, 4) is 0 Å². The maximum Gasteiger partial charge on any atom is 0.0758 e. The highest BCUT2D eigenvalue weighted by Crippen LogP contribution is 2.29. The molecule has 0 radical (unpaired) electrons. The van der Waals surface area contributed by atoms with Crippen LogP contribution in [0.25, 0.3) is 10.8 Å². The van der Waals surface area contributed by atoms with Gasteiger partial charge >= 0.3 is 0 Å². The lowest BCUT2D eigenvalue weighted by molar-refractivity contribution is 0.666. The highest BCUT2D eigenvalue weighted by molar-refractivity contribution is 5.85. The third-order valence-corrected chi connectivity index (χ3v) is 3.90. The normalized spacial score (nSPS) is 12.5. The van der Waals surface area contributed by atoms with Crippen LogP contribution in [0.2, 0.25) is 0 Å². The molecular weight excluding hydrogens is 258 g/mol. The number of aryl methyl sites for hydroxylation is 1. The van der Waals surface area contributed by atoms with E-state index in [1.165, 1.54) is 21.9 Å². The van der Waals surface area contributed by atoms with Crippen molar-refractivity contribution in [2.45, 2.75) is 19.4 Å². The van der Waals surface area contributed by atoms with Gasteiger partial charge in [-0.15, -0.1) is 0 Å². The molecule has 1 N–H and O–H groups in total. The SMILES string of the molecule is CCc1cccnc1C(NC)c1cccc2ccncc12. The van der Waals surface area contributed by atoms with E-state index in [-0.39, 0.29) is 6.04 Å². The molecule has 2 aromatic heterocycles. The van der Waals surface area contributed by atoms with Crippen molar-refractivity contribution in [1.82, 2.24) is 15.3 Å². The molecule has 1 aromatic carbocycles. The Hall–Kier alpha value is -2.26. The zero-order valence-electron chi connectivity index (χ0n) is 12.4. The second-order valence-corrected chi connectivity index (χ2v) is 5.07. The highest BCUT2D eigenvalue weighted by Gasteiger charge is 2.18. The number of hydrogen-bond donors (Lipinski definition) is 1. The van der Waals surface area contributed by atoms with Crippen LogP contribution in [0.1, 0.15) is 29.8 Å². The summed E-state index contributed by atoms with van der Waals surface area (Å²) in [5.74, 6) is 0. The third kappa shape index (κ3) is 2.52. The topological polar surface area (TPSA) is 37.8 Å². The zero-order valence-corrected chi connectivity index (χ0v) is 12.4. The summed E-state index contributed by atoms with van der Waals surface area (Å²) in [6.45, 7) is 2.16. The fourth-order valence-corrected chi connectivity index (χ4v) is 2.84. The Balaban J connectivity index is 2.19. The molecule has 1 atom stereocenters. The molecule has 0 amide bonds. The second kappa shape index (κ2) is 6.02. The van der Waals surface area contributed by atoms with Gasteiger partial charge in [0.2, 0.25) is 0 Å². The average Bonchev–Trinajstić information content (AvgIpc) is 2.56. The predicted molar refractivity (Wildman–Crippen MR) is 86.3 cm³/mol. The standard InChI is InChI=1S/C18H19N3/c1-3-13-7-5-10-21-17(13)18(19-2)15-8-4-6-14-9-11-20-12-16(14)15/h4-12,18-19H,3H2,1-2H3. The quantitative estimate of drug-likeness (QED) is 0.793. The Morgan fingerprint density at radius 2 is 2.00 bits per heavy atom. The van der Waals surface area contributed by atoms with Crippen molar-refractivity contribution in [2.75, 3.05) is 7.05 Å². The maximum atomic E-state index is 4.62. The summed E-state index contributed by atoms with van der Waals surface area (Å²) >= 11 is 0. The van der Waals surface area contributed by atoms with E-state index in [9.17, 15) is 0 Å². The van der Waals surface area contributed by atoms with Gasteiger partial charge in [-0.05, 0) is 42.1 Å². The monoisotopic (exact) mass is 277 g/mol. The van der Waals surface area contributed by atoms with Crippen LogP contribution < -0.4 is 5.32 Å². The van der Waals surface area contributed by atoms with E-state index in [1.54, 1.807) is 0 Å². The fraction of sp³-hybridized carbons (Fsp3) is 0.222. The van der Waals surface area contributed by atoms with Crippen LogP contribution in [0, 0.1) is 0 Å². The molecular formula is C18H19N3. The first-order valence-electron chi connectivity index (χ1n) is 7.28. The molecule has 0 spiro atoms. The van der Waals surface area contributed by atoms with Crippen LogP contribution in [-0.2, 0) is 6.42 Å². The Labute approximate surface area is 125 Å². The van der Waals surface area contributed by atoms with Crippen molar-refractivity contribution in [2.24, 2.45) is 0 Å². The summed E-state index contributed by atoms with van der Waals surface area (Å²) in [5.41, 5.74) is 3.59. The molecule has 0 aliphatic carbocycles. The molecule has 3 heteroatoms. The molecule has 21 heavy (non-hydrogen) atoms. The van der Waals surface area contributed by atoms with Crippen LogP contribution in [0.4, 0.5) is 0 Å². The molecule has 0 bridgehead atoms. The maximum absolute atomic E-state index is 4.62. The Bertz CT molecular complexity index is 747. The number of benzene rings is 1. The van der Waals surface area contributed by atoms with E-state index >= 15 is 0 Å². The minimum atomic E-state index is 0.0778. The van der Waals surface area contributed by atoms with E-state index in [1.807, 2.05) is 37.8 Å². The molecule has 3 nitrogen and oxygen atoms in total. The van der Waals surface area contributed by atoms with Crippen LogP contribution in [0.5, 0.6) is 0 Å². The van der Waals surface area contributed by atoms with E-state index in [0.717, 1.165) is 12.1 Å². The summed E-state index contributed by atoms with van der Waals surface area (Å²) in [4.78, 5) is 8.90. The first-order chi connectivity index (χ1) is 10.3. The zero-order chi connectivity index (χ0) is 14.7. The molecule has 106 valence electrons. The van der Waals surface area contributed by atoms with E-state index in [4.69, 9.17) is 0 Å². The second-order valence-electron chi connectivity index (χ2n) is 5.07. The number of rotatable bonds is 4. The van der Waals surface area contributed by atoms with Gasteiger partial charge in [-0.3, -0.25) is 9.97 Å². The smallest absolute Gasteiger partial charge is 0.0758 e. The molecule has 0 saturated carbocycles. The number of pyridine rings is 2. The summed E-state index contributed by atoms with van der Waals surface area (Å²) in [5, 5.41) is 5.79. The summed E-state index contributed by atoms with van der Waals surface area (Å²) in [7, 11) is 1.98. The molecule has 0 saturated heterocycles. The van der Waals surface area contributed by atoms with Crippen LogP contribution in [0.3, 0.4) is 0 Å². The number of nitrogens with zero attached hydrogens (tertiary/aromatic N) is 2. The lowest BCUT2D eigenvalue weighted by Gasteiger charge is -2.20. The Morgan fingerprint density at radius 3 is 2.81 bits per heavy atom. The van der Waals surface area contributed by atoms with Crippen molar-refractivity contribution >= 4 is 10.8 Å². The number of fused-ring (bicyclic) bond motifs is 1. The largest absolute Gasteiger partial charge is 0.308 e. The summed E-state index contributed by atoms with van der Waals surface area (Å²) in [6, 6.07) is 12.6. The molecule has 1 unspecified atom stereocenters. The van der Waals surface area contributed by atoms with Gasteiger partial charge in [0.25, 0.3) is 0 Å². The van der Waals surface area contributed by atoms with E-state index in [2.05, 4.69) is 46.5 Å². The van der Waals surface area contributed by atoms with E-state index in [0.29, 0.717) is 0 Å². The number of nitrogens with one attached hydrogen (secondary N) is 1. The fourth-order valence-electron chi connectivity index (χ4n) is 2.84. The number of aromatic nitrogens is 2. The molecule has 0 aliphatic rings. The minimum Gasteiger partial charge on any atom is -0.308 e. The first kappa shape index (κ1) is 13.7. The van der Waals surface area contributed by atoms with Crippen LogP contribution in [0.15, 0.2) is 55.0 Å². The first-order valence-corrected chi connectivity index (χ1v) is 7.28. The van der Waals surface area contributed by atoms with Crippen LogP contribution in [-0.4, -0.2) is 17.0 Å². The molecule has 0 fully saturated rings. The van der Waals surface area contributed by atoms with Gasteiger partial charge in [-0.1, -0.05) is 31.2 Å².